The van der Waals surface area contributed by atoms with Gasteiger partial charge in [0.25, 0.3) is 0 Å². The Bertz CT molecular complexity index is 563. The molecule has 0 spiro atoms. The Hall–Kier alpha value is -2.50. The smallest absolute Gasteiger partial charge is 0.317 e. The van der Waals surface area contributed by atoms with Crippen molar-refractivity contribution < 1.29 is 9.21 Å². The third kappa shape index (κ3) is 3.34. The molecule has 0 bridgehead atoms. The maximum atomic E-state index is 12.1. The van der Waals surface area contributed by atoms with E-state index in [9.17, 15) is 4.79 Å². The Kier molecular flexibility index (Phi) is 4.04. The van der Waals surface area contributed by atoms with E-state index in [4.69, 9.17) is 4.42 Å². The number of anilines is 1. The van der Waals surface area contributed by atoms with Crippen molar-refractivity contribution in [1.29, 1.82) is 0 Å². The molecule has 6 nitrogen and oxygen atoms in total. The fraction of sp³-hybridized carbons (Fsp3) is 0.333. The maximum Gasteiger partial charge on any atom is 0.317 e. The number of rotatable bonds is 3. The van der Waals surface area contributed by atoms with Crippen molar-refractivity contribution in [3.63, 3.8) is 0 Å². The molecule has 0 radical (unpaired) electrons. The molecular weight excluding hydrogens is 268 g/mol. The van der Waals surface area contributed by atoms with Crippen molar-refractivity contribution in [3.05, 3.63) is 48.6 Å². The number of aromatic nitrogens is 1. The lowest BCUT2D eigenvalue weighted by molar-refractivity contribution is 0.193. The van der Waals surface area contributed by atoms with Gasteiger partial charge in [0, 0.05) is 32.4 Å². The van der Waals surface area contributed by atoms with Crippen LogP contribution in [0.2, 0.25) is 0 Å². The third-order valence-corrected chi connectivity index (χ3v) is 3.53. The van der Waals surface area contributed by atoms with E-state index in [-0.39, 0.29) is 6.03 Å². The highest BCUT2D eigenvalue weighted by Gasteiger charge is 2.21. The molecule has 0 aliphatic carbocycles. The number of amides is 2. The molecule has 1 fully saturated rings. The summed E-state index contributed by atoms with van der Waals surface area (Å²) in [6, 6.07) is 9.48. The lowest BCUT2D eigenvalue weighted by atomic mass is 10.3. The summed E-state index contributed by atoms with van der Waals surface area (Å²) in [5.74, 6) is 1.73. The molecule has 0 saturated carbocycles. The van der Waals surface area contributed by atoms with Crippen LogP contribution in [0.4, 0.5) is 10.6 Å². The van der Waals surface area contributed by atoms with Crippen molar-refractivity contribution in [3.8, 4) is 0 Å². The summed E-state index contributed by atoms with van der Waals surface area (Å²) >= 11 is 0. The number of carbonyl (C=O) groups excluding carboxylic acids is 1. The second-order valence-corrected chi connectivity index (χ2v) is 4.90. The van der Waals surface area contributed by atoms with E-state index in [1.165, 1.54) is 0 Å². The number of pyridine rings is 1. The van der Waals surface area contributed by atoms with Crippen LogP contribution >= 0.6 is 0 Å². The van der Waals surface area contributed by atoms with Crippen LogP contribution in [0.1, 0.15) is 5.76 Å². The molecule has 1 N–H and O–H groups in total. The number of carbonyl (C=O) groups is 1. The quantitative estimate of drug-likeness (QED) is 0.933. The number of urea groups is 1. The number of furan rings is 1. The Balaban J connectivity index is 1.48. The summed E-state index contributed by atoms with van der Waals surface area (Å²) in [7, 11) is 0. The Labute approximate surface area is 123 Å². The summed E-state index contributed by atoms with van der Waals surface area (Å²) < 4.78 is 5.20. The predicted octanol–water partition coefficient (Wildman–Crippen LogP) is 1.71. The summed E-state index contributed by atoms with van der Waals surface area (Å²) in [6.07, 6.45) is 3.39. The molecule has 1 aliphatic heterocycles. The van der Waals surface area contributed by atoms with Crippen LogP contribution in [0, 0.1) is 0 Å². The second kappa shape index (κ2) is 6.30. The van der Waals surface area contributed by atoms with Crippen molar-refractivity contribution >= 4 is 11.8 Å². The first-order chi connectivity index (χ1) is 10.3. The van der Waals surface area contributed by atoms with E-state index in [0.29, 0.717) is 19.6 Å². The zero-order valence-corrected chi connectivity index (χ0v) is 11.7. The number of piperazine rings is 1. The fourth-order valence-corrected chi connectivity index (χ4v) is 2.37. The first-order valence-corrected chi connectivity index (χ1v) is 7.04. The van der Waals surface area contributed by atoms with E-state index in [1.807, 2.05) is 35.2 Å². The van der Waals surface area contributed by atoms with Crippen molar-refractivity contribution in [2.45, 2.75) is 6.54 Å². The predicted molar refractivity (Wildman–Crippen MR) is 79.0 cm³/mol. The minimum Gasteiger partial charge on any atom is -0.467 e. The second-order valence-electron chi connectivity index (χ2n) is 4.90. The Morgan fingerprint density at radius 2 is 2.05 bits per heavy atom. The lowest BCUT2D eigenvalue weighted by Gasteiger charge is -2.35. The molecule has 6 heteroatoms. The highest BCUT2D eigenvalue weighted by atomic mass is 16.3. The van der Waals surface area contributed by atoms with Crippen molar-refractivity contribution in [2.75, 3.05) is 31.1 Å². The first kappa shape index (κ1) is 13.5. The van der Waals surface area contributed by atoms with Gasteiger partial charge < -0.3 is 19.5 Å². The van der Waals surface area contributed by atoms with E-state index in [0.717, 1.165) is 24.7 Å². The van der Waals surface area contributed by atoms with E-state index in [2.05, 4.69) is 15.2 Å². The molecule has 1 aliphatic rings. The van der Waals surface area contributed by atoms with Gasteiger partial charge in [-0.3, -0.25) is 0 Å². The number of hydrogen-bond donors (Lipinski definition) is 1. The van der Waals surface area contributed by atoms with E-state index >= 15 is 0 Å². The Morgan fingerprint density at radius 3 is 2.71 bits per heavy atom. The highest BCUT2D eigenvalue weighted by Crippen LogP contribution is 2.12. The molecule has 1 saturated heterocycles. The van der Waals surface area contributed by atoms with Gasteiger partial charge >= 0.3 is 6.03 Å². The molecule has 21 heavy (non-hydrogen) atoms. The van der Waals surface area contributed by atoms with E-state index in [1.54, 1.807) is 12.5 Å². The van der Waals surface area contributed by atoms with Crippen LogP contribution in [-0.2, 0) is 6.54 Å². The topological polar surface area (TPSA) is 61.6 Å². The Morgan fingerprint density at radius 1 is 1.19 bits per heavy atom. The molecule has 3 heterocycles. The first-order valence-electron chi connectivity index (χ1n) is 7.04. The average Bonchev–Trinajstić information content (AvgIpc) is 3.07. The van der Waals surface area contributed by atoms with Crippen LogP contribution in [0.25, 0.3) is 0 Å². The largest absolute Gasteiger partial charge is 0.467 e. The van der Waals surface area contributed by atoms with Gasteiger partial charge in [-0.1, -0.05) is 6.07 Å². The summed E-state index contributed by atoms with van der Waals surface area (Å²) in [5, 5.41) is 2.87. The average molecular weight is 286 g/mol. The van der Waals surface area contributed by atoms with E-state index < -0.39 is 0 Å². The van der Waals surface area contributed by atoms with Crippen molar-refractivity contribution in [2.24, 2.45) is 0 Å². The summed E-state index contributed by atoms with van der Waals surface area (Å²) in [6.45, 7) is 3.41. The minimum atomic E-state index is -0.0490. The van der Waals surface area contributed by atoms with Crippen LogP contribution in [0.5, 0.6) is 0 Å². The van der Waals surface area contributed by atoms with Gasteiger partial charge in [0.2, 0.25) is 0 Å². The number of nitrogens with zero attached hydrogens (tertiary/aromatic N) is 3. The molecule has 0 aromatic carbocycles. The van der Waals surface area contributed by atoms with Crippen LogP contribution in [0.3, 0.4) is 0 Å². The number of hydrogen-bond acceptors (Lipinski definition) is 4. The number of nitrogens with one attached hydrogen (secondary N) is 1. The maximum absolute atomic E-state index is 12.1. The molecule has 110 valence electrons. The SMILES string of the molecule is O=C(NCc1ccco1)N1CCN(c2ccccn2)CC1. The highest BCUT2D eigenvalue weighted by molar-refractivity contribution is 5.74. The van der Waals surface area contributed by atoms with Gasteiger partial charge in [-0.15, -0.1) is 0 Å². The zero-order chi connectivity index (χ0) is 14.5. The van der Waals surface area contributed by atoms with Gasteiger partial charge in [-0.05, 0) is 24.3 Å². The molecule has 0 unspecified atom stereocenters. The molecule has 2 aromatic heterocycles. The summed E-state index contributed by atoms with van der Waals surface area (Å²) in [4.78, 5) is 20.4. The van der Waals surface area contributed by atoms with Gasteiger partial charge in [0.15, 0.2) is 0 Å². The normalized spacial score (nSPS) is 15.0. The fourth-order valence-electron chi connectivity index (χ4n) is 2.37. The molecule has 2 aromatic rings. The lowest BCUT2D eigenvalue weighted by Crippen LogP contribution is -2.51. The van der Waals surface area contributed by atoms with Gasteiger partial charge in [0.05, 0.1) is 12.8 Å². The summed E-state index contributed by atoms with van der Waals surface area (Å²) in [5.41, 5.74) is 0. The third-order valence-electron chi connectivity index (χ3n) is 3.53. The van der Waals surface area contributed by atoms with Gasteiger partial charge in [-0.2, -0.15) is 0 Å². The van der Waals surface area contributed by atoms with Crippen LogP contribution < -0.4 is 10.2 Å². The monoisotopic (exact) mass is 286 g/mol. The molecule has 3 rings (SSSR count). The van der Waals surface area contributed by atoms with Gasteiger partial charge in [-0.25, -0.2) is 9.78 Å². The minimum absolute atomic E-state index is 0.0490. The molecule has 0 atom stereocenters. The molecular formula is C15H18N4O2. The molecule has 2 amide bonds. The van der Waals surface area contributed by atoms with Crippen molar-refractivity contribution in [1.82, 2.24) is 15.2 Å². The zero-order valence-electron chi connectivity index (χ0n) is 11.7. The standard InChI is InChI=1S/C15H18N4O2/c20-15(17-12-13-4-3-11-21-13)19-9-7-18(8-10-19)14-5-1-2-6-16-14/h1-6,11H,7-10,12H2,(H,17,20). The van der Waals surface area contributed by atoms with Gasteiger partial charge in [0.1, 0.15) is 11.6 Å². The van der Waals surface area contributed by atoms with Crippen LogP contribution in [0.15, 0.2) is 47.2 Å². The van der Waals surface area contributed by atoms with Crippen LogP contribution in [-0.4, -0.2) is 42.1 Å².